The van der Waals surface area contributed by atoms with E-state index in [1.165, 1.54) is 11.3 Å². The number of hydrogen-bond donors (Lipinski definition) is 1. The van der Waals surface area contributed by atoms with Gasteiger partial charge >= 0.3 is 0 Å². The first-order valence-corrected chi connectivity index (χ1v) is 6.63. The van der Waals surface area contributed by atoms with Gasteiger partial charge in [0.2, 0.25) is 5.76 Å². The average Bonchev–Trinajstić information content (AvgIpc) is 2.94. The Hall–Kier alpha value is -1.69. The predicted molar refractivity (Wildman–Crippen MR) is 68.7 cm³/mol. The Labute approximate surface area is 109 Å². The zero-order chi connectivity index (χ0) is 13.0. The van der Waals surface area contributed by atoms with Crippen LogP contribution in [0.4, 0.5) is 0 Å². The lowest BCUT2D eigenvalue weighted by molar-refractivity contribution is 0.0924. The minimum absolute atomic E-state index is 0.203. The van der Waals surface area contributed by atoms with Crippen LogP contribution >= 0.6 is 11.3 Å². The largest absolute Gasteiger partial charge is 0.438 e. The van der Waals surface area contributed by atoms with Gasteiger partial charge in [0, 0.05) is 11.4 Å². The summed E-state index contributed by atoms with van der Waals surface area (Å²) in [5.41, 5.74) is 3.55. The smallest absolute Gasteiger partial charge is 0.288 e. The number of amides is 1. The lowest BCUT2D eigenvalue weighted by Crippen LogP contribution is -2.25. The van der Waals surface area contributed by atoms with Crippen LogP contribution in [0.5, 0.6) is 0 Å². The maximum Gasteiger partial charge on any atom is 0.288 e. The van der Waals surface area contributed by atoms with Crippen LogP contribution in [0.25, 0.3) is 0 Å². The van der Waals surface area contributed by atoms with Crippen molar-refractivity contribution in [3.05, 3.63) is 33.9 Å². The third-order valence-corrected chi connectivity index (χ3v) is 3.66. The van der Waals surface area contributed by atoms with Crippen LogP contribution in [0, 0.1) is 13.8 Å². The van der Waals surface area contributed by atoms with Crippen molar-refractivity contribution in [1.82, 2.24) is 15.3 Å². The van der Waals surface area contributed by atoms with Crippen LogP contribution in [0.15, 0.2) is 16.3 Å². The van der Waals surface area contributed by atoms with Gasteiger partial charge in [0.05, 0.1) is 16.9 Å². The fourth-order valence-corrected chi connectivity index (χ4v) is 2.44. The molecule has 0 aliphatic carbocycles. The minimum atomic E-state index is -0.203. The van der Waals surface area contributed by atoms with Crippen molar-refractivity contribution in [2.45, 2.75) is 26.7 Å². The second-order valence-electron chi connectivity index (χ2n) is 3.99. The van der Waals surface area contributed by atoms with Gasteiger partial charge in [-0.25, -0.2) is 9.97 Å². The van der Waals surface area contributed by atoms with E-state index in [9.17, 15) is 4.79 Å². The molecular formula is C12H15N3O2S. The first kappa shape index (κ1) is 12.8. The van der Waals surface area contributed by atoms with Crippen LogP contribution in [-0.4, -0.2) is 22.4 Å². The Morgan fingerprint density at radius 1 is 1.39 bits per heavy atom. The normalized spacial score (nSPS) is 10.6. The molecule has 2 aromatic heterocycles. The fourth-order valence-electron chi connectivity index (χ4n) is 1.62. The van der Waals surface area contributed by atoms with Crippen LogP contribution in [0.1, 0.15) is 33.2 Å². The number of carbonyl (C=O) groups excluding carboxylic acids is 1. The first-order chi connectivity index (χ1) is 8.68. The van der Waals surface area contributed by atoms with E-state index in [2.05, 4.69) is 15.3 Å². The number of nitrogens with zero attached hydrogens (tertiary/aromatic N) is 2. The highest BCUT2D eigenvalue weighted by Gasteiger charge is 2.12. The zero-order valence-electron chi connectivity index (χ0n) is 10.4. The second-order valence-corrected chi connectivity index (χ2v) is 4.93. The van der Waals surface area contributed by atoms with E-state index >= 15 is 0 Å². The molecule has 0 fully saturated rings. The Morgan fingerprint density at radius 3 is 2.83 bits per heavy atom. The van der Waals surface area contributed by atoms with Crippen LogP contribution in [0.3, 0.4) is 0 Å². The van der Waals surface area contributed by atoms with Crippen LogP contribution < -0.4 is 5.32 Å². The summed E-state index contributed by atoms with van der Waals surface area (Å²) in [6, 6.07) is 0. The highest BCUT2D eigenvalue weighted by atomic mass is 32.1. The van der Waals surface area contributed by atoms with Gasteiger partial charge in [0.15, 0.2) is 6.39 Å². The molecule has 0 aromatic carbocycles. The van der Waals surface area contributed by atoms with E-state index in [0.717, 1.165) is 18.5 Å². The van der Waals surface area contributed by atoms with Crippen molar-refractivity contribution in [2.75, 3.05) is 6.54 Å². The number of rotatable bonds is 5. The molecule has 18 heavy (non-hydrogen) atoms. The molecule has 6 heteroatoms. The van der Waals surface area contributed by atoms with Gasteiger partial charge in [-0.15, -0.1) is 11.3 Å². The lowest BCUT2D eigenvalue weighted by Gasteiger charge is -2.03. The molecule has 2 heterocycles. The number of carbonyl (C=O) groups is 1. The highest BCUT2D eigenvalue weighted by molar-refractivity contribution is 7.09. The molecule has 0 unspecified atom stereocenters. The molecule has 96 valence electrons. The second kappa shape index (κ2) is 5.77. The Morgan fingerprint density at radius 2 is 2.22 bits per heavy atom. The number of nitrogens with one attached hydrogen (secondary N) is 1. The third kappa shape index (κ3) is 2.95. The van der Waals surface area contributed by atoms with Gasteiger partial charge < -0.3 is 9.73 Å². The molecule has 1 N–H and O–H groups in total. The number of aryl methyl sites for hydroxylation is 3. The Kier molecular flexibility index (Phi) is 4.09. The van der Waals surface area contributed by atoms with Crippen LogP contribution in [-0.2, 0) is 6.42 Å². The van der Waals surface area contributed by atoms with E-state index in [1.54, 1.807) is 18.3 Å². The first-order valence-electron chi connectivity index (χ1n) is 5.75. The molecule has 0 aliphatic heterocycles. The predicted octanol–water partition coefficient (Wildman–Crippen LogP) is 2.11. The molecule has 0 spiro atoms. The SMILES string of the molecule is Cc1ncoc1C(=O)NCCCc1scnc1C. The van der Waals surface area contributed by atoms with E-state index in [1.807, 2.05) is 12.4 Å². The molecule has 0 atom stereocenters. The molecular weight excluding hydrogens is 250 g/mol. The molecule has 0 aliphatic rings. The van der Waals surface area contributed by atoms with Crippen molar-refractivity contribution in [3.63, 3.8) is 0 Å². The van der Waals surface area contributed by atoms with Crippen molar-refractivity contribution >= 4 is 17.2 Å². The van der Waals surface area contributed by atoms with Gasteiger partial charge in [-0.1, -0.05) is 0 Å². The van der Waals surface area contributed by atoms with Gasteiger partial charge in [-0.05, 0) is 26.7 Å². The summed E-state index contributed by atoms with van der Waals surface area (Å²) in [7, 11) is 0. The highest BCUT2D eigenvalue weighted by Crippen LogP contribution is 2.13. The maximum absolute atomic E-state index is 11.7. The summed E-state index contributed by atoms with van der Waals surface area (Å²) in [5.74, 6) is 0.0926. The minimum Gasteiger partial charge on any atom is -0.438 e. The van der Waals surface area contributed by atoms with E-state index in [4.69, 9.17) is 4.42 Å². The summed E-state index contributed by atoms with van der Waals surface area (Å²) < 4.78 is 5.02. The number of aromatic nitrogens is 2. The van der Waals surface area contributed by atoms with Crippen molar-refractivity contribution in [2.24, 2.45) is 0 Å². The molecule has 2 aromatic rings. The standard InChI is InChI=1S/C12H15N3O2S/c1-8-10(18-7-15-8)4-3-5-13-12(16)11-9(2)14-6-17-11/h6-7H,3-5H2,1-2H3,(H,13,16). The Balaban J connectivity index is 1.75. The summed E-state index contributed by atoms with van der Waals surface area (Å²) in [6.07, 6.45) is 3.11. The van der Waals surface area contributed by atoms with Gasteiger partial charge in [-0.2, -0.15) is 0 Å². The van der Waals surface area contributed by atoms with Crippen molar-refractivity contribution in [3.8, 4) is 0 Å². The number of thiazole rings is 1. The molecule has 2 rings (SSSR count). The number of oxazole rings is 1. The maximum atomic E-state index is 11.7. The summed E-state index contributed by atoms with van der Waals surface area (Å²) in [5, 5.41) is 2.82. The monoisotopic (exact) mass is 265 g/mol. The van der Waals surface area contributed by atoms with Crippen LogP contribution in [0.2, 0.25) is 0 Å². The van der Waals surface area contributed by atoms with Crippen molar-refractivity contribution < 1.29 is 9.21 Å². The third-order valence-electron chi connectivity index (χ3n) is 2.66. The average molecular weight is 265 g/mol. The molecule has 0 saturated carbocycles. The lowest BCUT2D eigenvalue weighted by atomic mass is 10.2. The summed E-state index contributed by atoms with van der Waals surface area (Å²) >= 11 is 1.66. The van der Waals surface area contributed by atoms with Crippen molar-refractivity contribution in [1.29, 1.82) is 0 Å². The fraction of sp³-hybridized carbons (Fsp3) is 0.417. The molecule has 0 radical (unpaired) electrons. The molecule has 0 saturated heterocycles. The van der Waals surface area contributed by atoms with E-state index < -0.39 is 0 Å². The van der Waals surface area contributed by atoms with Gasteiger partial charge in [-0.3, -0.25) is 4.79 Å². The Bertz CT molecular complexity index is 533. The quantitative estimate of drug-likeness (QED) is 0.841. The molecule has 5 nitrogen and oxygen atoms in total. The van der Waals surface area contributed by atoms with E-state index in [0.29, 0.717) is 18.0 Å². The van der Waals surface area contributed by atoms with E-state index in [-0.39, 0.29) is 5.91 Å². The van der Waals surface area contributed by atoms with Gasteiger partial charge in [0.1, 0.15) is 0 Å². The summed E-state index contributed by atoms with van der Waals surface area (Å²) in [4.78, 5) is 21.1. The number of hydrogen-bond acceptors (Lipinski definition) is 5. The molecule has 1 amide bonds. The topological polar surface area (TPSA) is 68.0 Å². The van der Waals surface area contributed by atoms with Gasteiger partial charge in [0.25, 0.3) is 5.91 Å². The summed E-state index contributed by atoms with van der Waals surface area (Å²) in [6.45, 7) is 4.37. The molecule has 0 bridgehead atoms. The zero-order valence-corrected chi connectivity index (χ0v) is 11.2.